The number of urea groups is 1. The Hall–Kier alpha value is -2.37. The van der Waals surface area contributed by atoms with Gasteiger partial charge >= 0.3 is 6.03 Å². The van der Waals surface area contributed by atoms with Crippen molar-refractivity contribution in [2.75, 3.05) is 11.9 Å². The van der Waals surface area contributed by atoms with Crippen LogP contribution in [0.3, 0.4) is 0 Å². The summed E-state index contributed by atoms with van der Waals surface area (Å²) in [7, 11) is 0. The molecule has 0 aliphatic carbocycles. The molecule has 0 bridgehead atoms. The highest BCUT2D eigenvalue weighted by atomic mass is 16.7. The number of anilines is 1. The van der Waals surface area contributed by atoms with E-state index in [0.717, 1.165) is 16.8 Å². The van der Waals surface area contributed by atoms with Crippen LogP contribution in [0.15, 0.2) is 54.6 Å². The van der Waals surface area contributed by atoms with Crippen LogP contribution in [-0.2, 0) is 9.47 Å². The van der Waals surface area contributed by atoms with E-state index >= 15 is 0 Å². The molecule has 2 atom stereocenters. The third-order valence-electron chi connectivity index (χ3n) is 4.22. The molecule has 132 valence electrons. The first-order valence-electron chi connectivity index (χ1n) is 8.44. The molecule has 2 N–H and O–H groups in total. The Morgan fingerprint density at radius 1 is 1.08 bits per heavy atom. The zero-order valence-electron chi connectivity index (χ0n) is 14.8. The summed E-state index contributed by atoms with van der Waals surface area (Å²) in [5, 5.41) is 5.87. The maximum Gasteiger partial charge on any atom is 0.319 e. The third-order valence-corrected chi connectivity index (χ3v) is 4.22. The summed E-state index contributed by atoms with van der Waals surface area (Å²) in [4.78, 5) is 12.4. The van der Waals surface area contributed by atoms with Crippen LogP contribution < -0.4 is 10.6 Å². The highest BCUT2D eigenvalue weighted by Gasteiger charge is 2.38. The second-order valence-corrected chi connectivity index (χ2v) is 6.68. The number of amides is 2. The Bertz CT molecular complexity index is 731. The Labute approximate surface area is 148 Å². The first-order chi connectivity index (χ1) is 11.9. The van der Waals surface area contributed by atoms with Gasteiger partial charge in [-0.3, -0.25) is 0 Å². The van der Waals surface area contributed by atoms with Crippen LogP contribution in [-0.4, -0.2) is 24.5 Å². The lowest BCUT2D eigenvalue weighted by atomic mass is 10.0. The molecule has 2 aromatic carbocycles. The molecule has 25 heavy (non-hydrogen) atoms. The molecule has 1 saturated heterocycles. The smallest absolute Gasteiger partial charge is 0.319 e. The molecule has 3 rings (SSSR count). The Morgan fingerprint density at radius 3 is 2.48 bits per heavy atom. The van der Waals surface area contributed by atoms with E-state index in [1.807, 2.05) is 75.4 Å². The monoisotopic (exact) mass is 340 g/mol. The van der Waals surface area contributed by atoms with E-state index in [1.165, 1.54) is 0 Å². The van der Waals surface area contributed by atoms with Gasteiger partial charge in [-0.25, -0.2) is 4.79 Å². The van der Waals surface area contributed by atoms with E-state index < -0.39 is 5.79 Å². The molecule has 2 amide bonds. The number of aryl methyl sites for hydroxylation is 1. The molecular weight excluding hydrogens is 316 g/mol. The molecule has 0 aromatic heterocycles. The SMILES string of the molecule is Cc1ccccc1NC(=O)N[C@H]1COC(C)(C)O[C@@H]1c1ccccc1. The third kappa shape index (κ3) is 4.38. The Morgan fingerprint density at radius 2 is 1.76 bits per heavy atom. The van der Waals surface area contributed by atoms with E-state index in [4.69, 9.17) is 9.47 Å². The molecule has 5 heteroatoms. The van der Waals surface area contributed by atoms with Gasteiger partial charge in [0.15, 0.2) is 5.79 Å². The summed E-state index contributed by atoms with van der Waals surface area (Å²) in [5.41, 5.74) is 2.81. The number of rotatable bonds is 3. The van der Waals surface area contributed by atoms with Crippen LogP contribution in [0.2, 0.25) is 0 Å². The second-order valence-electron chi connectivity index (χ2n) is 6.68. The maximum absolute atomic E-state index is 12.4. The van der Waals surface area contributed by atoms with E-state index in [2.05, 4.69) is 10.6 Å². The first-order valence-corrected chi connectivity index (χ1v) is 8.44. The number of para-hydroxylation sites is 1. The molecule has 2 aromatic rings. The lowest BCUT2D eigenvalue weighted by Crippen LogP contribution is -2.52. The molecule has 0 radical (unpaired) electrons. The summed E-state index contributed by atoms with van der Waals surface area (Å²) in [6.07, 6.45) is -0.271. The van der Waals surface area contributed by atoms with Crippen LogP contribution in [0, 0.1) is 6.92 Å². The normalized spacial score (nSPS) is 22.2. The van der Waals surface area contributed by atoms with Crippen LogP contribution in [0.4, 0.5) is 10.5 Å². The molecule has 0 unspecified atom stereocenters. The van der Waals surface area contributed by atoms with Gasteiger partial charge in [-0.1, -0.05) is 48.5 Å². The van der Waals surface area contributed by atoms with Crippen LogP contribution in [0.25, 0.3) is 0 Å². The van der Waals surface area contributed by atoms with Gasteiger partial charge in [0, 0.05) is 5.69 Å². The molecule has 1 aliphatic heterocycles. The molecule has 1 aliphatic rings. The summed E-state index contributed by atoms with van der Waals surface area (Å²) >= 11 is 0. The molecule has 1 fully saturated rings. The Balaban J connectivity index is 1.73. The van der Waals surface area contributed by atoms with Crippen molar-refractivity contribution < 1.29 is 14.3 Å². The zero-order valence-corrected chi connectivity index (χ0v) is 14.8. The van der Waals surface area contributed by atoms with Gasteiger partial charge in [-0.2, -0.15) is 0 Å². The van der Waals surface area contributed by atoms with E-state index in [-0.39, 0.29) is 18.2 Å². The van der Waals surface area contributed by atoms with Crippen molar-refractivity contribution in [1.29, 1.82) is 0 Å². The number of benzene rings is 2. The van der Waals surface area contributed by atoms with Crippen molar-refractivity contribution in [2.24, 2.45) is 0 Å². The number of hydrogen-bond acceptors (Lipinski definition) is 3. The second kappa shape index (κ2) is 7.25. The van der Waals surface area contributed by atoms with Crippen LogP contribution in [0.5, 0.6) is 0 Å². The minimum absolute atomic E-state index is 0.271. The van der Waals surface area contributed by atoms with E-state index in [9.17, 15) is 4.79 Å². The van der Waals surface area contributed by atoms with Crippen LogP contribution >= 0.6 is 0 Å². The number of hydrogen-bond donors (Lipinski definition) is 2. The predicted molar refractivity (Wildman–Crippen MR) is 97.4 cm³/mol. The number of nitrogens with one attached hydrogen (secondary N) is 2. The number of carbonyl (C=O) groups is 1. The van der Waals surface area contributed by atoms with Crippen molar-refractivity contribution in [3.05, 3.63) is 65.7 Å². The van der Waals surface area contributed by atoms with Crippen molar-refractivity contribution in [1.82, 2.24) is 5.32 Å². The molecular formula is C20H24N2O3. The van der Waals surface area contributed by atoms with Crippen LogP contribution in [0.1, 0.15) is 31.1 Å². The van der Waals surface area contributed by atoms with E-state index in [1.54, 1.807) is 0 Å². The maximum atomic E-state index is 12.4. The van der Waals surface area contributed by atoms with Gasteiger partial charge in [0.1, 0.15) is 6.10 Å². The first kappa shape index (κ1) is 17.5. The fourth-order valence-electron chi connectivity index (χ4n) is 2.90. The lowest BCUT2D eigenvalue weighted by Gasteiger charge is -2.41. The largest absolute Gasteiger partial charge is 0.348 e. The number of ether oxygens (including phenoxy) is 2. The minimum Gasteiger partial charge on any atom is -0.348 e. The quantitative estimate of drug-likeness (QED) is 0.887. The van der Waals surface area contributed by atoms with E-state index in [0.29, 0.717) is 6.61 Å². The fourth-order valence-corrected chi connectivity index (χ4v) is 2.90. The topological polar surface area (TPSA) is 59.6 Å². The minimum atomic E-state index is -0.689. The zero-order chi connectivity index (χ0) is 17.9. The van der Waals surface area contributed by atoms with Crippen molar-refractivity contribution in [3.8, 4) is 0 Å². The van der Waals surface area contributed by atoms with Gasteiger partial charge in [0.25, 0.3) is 0 Å². The Kier molecular flexibility index (Phi) is 5.06. The van der Waals surface area contributed by atoms with Gasteiger partial charge in [0.05, 0.1) is 12.6 Å². The predicted octanol–water partition coefficient (Wildman–Crippen LogP) is 4.01. The standard InChI is InChI=1S/C20H24N2O3/c1-14-9-7-8-12-16(14)21-19(23)22-17-13-24-20(2,3)25-18(17)15-10-5-4-6-11-15/h4-12,17-18H,13H2,1-3H3,(H2,21,22,23)/t17-,18+/m0/s1. The average Bonchev–Trinajstić information content (AvgIpc) is 2.59. The molecule has 0 spiro atoms. The lowest BCUT2D eigenvalue weighted by molar-refractivity contribution is -0.284. The van der Waals surface area contributed by atoms with Gasteiger partial charge in [-0.05, 0) is 38.0 Å². The van der Waals surface area contributed by atoms with Gasteiger partial charge in [-0.15, -0.1) is 0 Å². The summed E-state index contributed by atoms with van der Waals surface area (Å²) in [6.45, 7) is 6.10. The highest BCUT2D eigenvalue weighted by molar-refractivity contribution is 5.90. The summed E-state index contributed by atoms with van der Waals surface area (Å²) in [6, 6.07) is 17.0. The fraction of sp³-hybridized carbons (Fsp3) is 0.350. The summed E-state index contributed by atoms with van der Waals surface area (Å²) in [5.74, 6) is -0.689. The highest BCUT2D eigenvalue weighted by Crippen LogP contribution is 2.33. The average molecular weight is 340 g/mol. The van der Waals surface area contributed by atoms with Crippen molar-refractivity contribution in [3.63, 3.8) is 0 Å². The van der Waals surface area contributed by atoms with Gasteiger partial charge < -0.3 is 20.1 Å². The van der Waals surface area contributed by atoms with Crippen molar-refractivity contribution in [2.45, 2.75) is 38.7 Å². The molecule has 1 heterocycles. The molecule has 0 saturated carbocycles. The van der Waals surface area contributed by atoms with Crippen molar-refractivity contribution >= 4 is 11.7 Å². The van der Waals surface area contributed by atoms with Gasteiger partial charge in [0.2, 0.25) is 0 Å². The number of carbonyl (C=O) groups excluding carboxylic acids is 1. The molecule has 5 nitrogen and oxygen atoms in total. The summed E-state index contributed by atoms with van der Waals surface area (Å²) < 4.78 is 11.8.